The van der Waals surface area contributed by atoms with Crippen LogP contribution < -0.4 is 16.4 Å². The summed E-state index contributed by atoms with van der Waals surface area (Å²) in [5.74, 6) is 0.0628. The Balaban J connectivity index is 2.57. The SMILES string of the molecule is CC(C)c1ccc(CNC(CCNC(=N)N)C(F)(F)F)cc1. The van der Waals surface area contributed by atoms with E-state index in [0.29, 0.717) is 5.92 Å². The molecular weight excluding hydrogens is 293 g/mol. The standard InChI is InChI=1S/C15H23F3N4/c1-10(2)12-5-3-11(4-6-12)9-22-13(15(16,17)18)7-8-21-14(19)20/h3-6,10,13,22H,7-9H2,1-2H3,(H4,19,20,21). The second-order valence-electron chi connectivity index (χ2n) is 5.50. The highest BCUT2D eigenvalue weighted by atomic mass is 19.4. The minimum atomic E-state index is -4.34. The molecule has 124 valence electrons. The summed E-state index contributed by atoms with van der Waals surface area (Å²) in [5.41, 5.74) is 7.02. The molecule has 1 aromatic carbocycles. The van der Waals surface area contributed by atoms with Crippen LogP contribution in [-0.2, 0) is 6.54 Å². The summed E-state index contributed by atoms with van der Waals surface area (Å²) in [6.45, 7) is 4.27. The fourth-order valence-electron chi connectivity index (χ4n) is 1.99. The zero-order chi connectivity index (χ0) is 16.8. The van der Waals surface area contributed by atoms with Crippen LogP contribution in [-0.4, -0.2) is 24.7 Å². The number of hydrogen-bond acceptors (Lipinski definition) is 2. The second-order valence-corrected chi connectivity index (χ2v) is 5.50. The van der Waals surface area contributed by atoms with Gasteiger partial charge in [-0.05, 0) is 23.5 Å². The predicted octanol–water partition coefficient (Wildman–Crippen LogP) is 2.70. The number of hydrogen-bond donors (Lipinski definition) is 4. The number of alkyl halides is 3. The van der Waals surface area contributed by atoms with Gasteiger partial charge in [0.2, 0.25) is 0 Å². The summed E-state index contributed by atoms with van der Waals surface area (Å²) in [6, 6.07) is 5.90. The first-order valence-corrected chi connectivity index (χ1v) is 7.17. The van der Waals surface area contributed by atoms with E-state index in [2.05, 4.69) is 24.5 Å². The average Bonchev–Trinajstić information content (AvgIpc) is 2.41. The molecule has 0 saturated heterocycles. The summed E-state index contributed by atoms with van der Waals surface area (Å²) >= 11 is 0. The minimum absolute atomic E-state index is 0.00119. The van der Waals surface area contributed by atoms with Crippen LogP contribution in [0.25, 0.3) is 0 Å². The summed E-state index contributed by atoms with van der Waals surface area (Å²) in [6.07, 6.45) is -4.52. The van der Waals surface area contributed by atoms with Crippen molar-refractivity contribution in [3.05, 3.63) is 35.4 Å². The maximum absolute atomic E-state index is 12.9. The lowest BCUT2D eigenvalue weighted by Crippen LogP contribution is -2.44. The monoisotopic (exact) mass is 316 g/mol. The van der Waals surface area contributed by atoms with Crippen LogP contribution in [0.1, 0.15) is 37.3 Å². The molecule has 0 amide bonds. The molecule has 0 radical (unpaired) electrons. The molecule has 0 saturated carbocycles. The quantitative estimate of drug-likeness (QED) is 0.461. The average molecular weight is 316 g/mol. The van der Waals surface area contributed by atoms with Gasteiger partial charge in [-0.3, -0.25) is 5.41 Å². The van der Waals surface area contributed by atoms with Crippen molar-refractivity contribution in [2.24, 2.45) is 5.73 Å². The van der Waals surface area contributed by atoms with E-state index in [4.69, 9.17) is 11.1 Å². The molecule has 1 unspecified atom stereocenters. The number of halogens is 3. The van der Waals surface area contributed by atoms with Crippen LogP contribution >= 0.6 is 0 Å². The number of benzene rings is 1. The normalized spacial score (nSPS) is 13.2. The Morgan fingerprint density at radius 1 is 1.23 bits per heavy atom. The molecule has 0 spiro atoms. The molecule has 0 aliphatic rings. The topological polar surface area (TPSA) is 73.9 Å². The Morgan fingerprint density at radius 2 is 1.82 bits per heavy atom. The largest absolute Gasteiger partial charge is 0.403 e. The van der Waals surface area contributed by atoms with Crippen molar-refractivity contribution in [3.8, 4) is 0 Å². The molecule has 1 aromatic rings. The van der Waals surface area contributed by atoms with E-state index in [0.717, 1.165) is 11.1 Å². The number of nitrogens with one attached hydrogen (secondary N) is 3. The van der Waals surface area contributed by atoms with Gasteiger partial charge in [-0.15, -0.1) is 0 Å². The molecule has 0 aromatic heterocycles. The van der Waals surface area contributed by atoms with E-state index in [1.807, 2.05) is 24.3 Å². The third-order valence-electron chi connectivity index (χ3n) is 3.34. The van der Waals surface area contributed by atoms with Gasteiger partial charge in [0, 0.05) is 13.1 Å². The van der Waals surface area contributed by atoms with Crippen LogP contribution in [0.4, 0.5) is 13.2 Å². The van der Waals surface area contributed by atoms with Gasteiger partial charge in [0.05, 0.1) is 0 Å². The Bertz CT molecular complexity index is 469. The summed E-state index contributed by atoms with van der Waals surface area (Å²) in [4.78, 5) is 0. The Hall–Kier alpha value is -1.76. The van der Waals surface area contributed by atoms with Crippen molar-refractivity contribution in [2.75, 3.05) is 6.54 Å². The first-order valence-electron chi connectivity index (χ1n) is 7.17. The first kappa shape index (κ1) is 18.3. The van der Waals surface area contributed by atoms with Crippen molar-refractivity contribution < 1.29 is 13.2 Å². The van der Waals surface area contributed by atoms with Crippen LogP contribution in [0, 0.1) is 5.41 Å². The fourth-order valence-corrected chi connectivity index (χ4v) is 1.99. The molecule has 7 heteroatoms. The molecule has 22 heavy (non-hydrogen) atoms. The fraction of sp³-hybridized carbons (Fsp3) is 0.533. The van der Waals surface area contributed by atoms with Gasteiger partial charge in [-0.2, -0.15) is 13.2 Å². The van der Waals surface area contributed by atoms with Gasteiger partial charge in [-0.1, -0.05) is 38.1 Å². The van der Waals surface area contributed by atoms with Crippen molar-refractivity contribution in [1.82, 2.24) is 10.6 Å². The van der Waals surface area contributed by atoms with E-state index < -0.39 is 12.2 Å². The van der Waals surface area contributed by atoms with Crippen LogP contribution in [0.5, 0.6) is 0 Å². The predicted molar refractivity (Wildman–Crippen MR) is 81.7 cm³/mol. The Morgan fingerprint density at radius 3 is 2.27 bits per heavy atom. The lowest BCUT2D eigenvalue weighted by molar-refractivity contribution is -0.157. The van der Waals surface area contributed by atoms with Crippen LogP contribution in [0.15, 0.2) is 24.3 Å². The molecule has 0 bridgehead atoms. The zero-order valence-corrected chi connectivity index (χ0v) is 12.8. The molecular formula is C15H23F3N4. The Kier molecular flexibility index (Phi) is 6.67. The molecule has 0 fully saturated rings. The van der Waals surface area contributed by atoms with Gasteiger partial charge < -0.3 is 16.4 Å². The third-order valence-corrected chi connectivity index (χ3v) is 3.34. The van der Waals surface area contributed by atoms with Gasteiger partial charge in [0.1, 0.15) is 6.04 Å². The highest BCUT2D eigenvalue weighted by Gasteiger charge is 2.38. The minimum Gasteiger partial charge on any atom is -0.370 e. The van der Waals surface area contributed by atoms with Crippen molar-refractivity contribution in [3.63, 3.8) is 0 Å². The number of rotatable bonds is 7. The molecule has 0 heterocycles. The first-order chi connectivity index (χ1) is 10.2. The van der Waals surface area contributed by atoms with Gasteiger partial charge in [0.25, 0.3) is 0 Å². The van der Waals surface area contributed by atoms with Crippen molar-refractivity contribution in [2.45, 2.75) is 44.9 Å². The molecule has 0 aliphatic heterocycles. The summed E-state index contributed by atoms with van der Waals surface area (Å²) in [7, 11) is 0. The summed E-state index contributed by atoms with van der Waals surface area (Å²) in [5, 5.41) is 11.9. The number of guanidine groups is 1. The maximum Gasteiger partial charge on any atom is 0.403 e. The van der Waals surface area contributed by atoms with Gasteiger partial charge in [0.15, 0.2) is 5.96 Å². The van der Waals surface area contributed by atoms with Crippen LogP contribution in [0.3, 0.4) is 0 Å². The summed E-state index contributed by atoms with van der Waals surface area (Å²) < 4.78 is 38.8. The van der Waals surface area contributed by atoms with Crippen molar-refractivity contribution >= 4 is 5.96 Å². The van der Waals surface area contributed by atoms with E-state index in [-0.39, 0.29) is 25.5 Å². The number of nitrogens with two attached hydrogens (primary N) is 1. The molecule has 4 nitrogen and oxygen atoms in total. The Labute approximate surface area is 128 Å². The smallest absolute Gasteiger partial charge is 0.370 e. The molecule has 1 atom stereocenters. The highest BCUT2D eigenvalue weighted by molar-refractivity contribution is 5.74. The molecule has 5 N–H and O–H groups in total. The van der Waals surface area contributed by atoms with Crippen LogP contribution in [0.2, 0.25) is 0 Å². The zero-order valence-electron chi connectivity index (χ0n) is 12.8. The van der Waals surface area contributed by atoms with E-state index >= 15 is 0 Å². The van der Waals surface area contributed by atoms with E-state index in [1.54, 1.807) is 0 Å². The third kappa shape index (κ3) is 6.34. The molecule has 1 rings (SSSR count). The lowest BCUT2D eigenvalue weighted by Gasteiger charge is -2.22. The van der Waals surface area contributed by atoms with Gasteiger partial charge >= 0.3 is 6.18 Å². The van der Waals surface area contributed by atoms with Crippen molar-refractivity contribution in [1.29, 1.82) is 5.41 Å². The highest BCUT2D eigenvalue weighted by Crippen LogP contribution is 2.23. The lowest BCUT2D eigenvalue weighted by atomic mass is 10.0. The second kappa shape index (κ2) is 8.03. The van der Waals surface area contributed by atoms with E-state index in [9.17, 15) is 13.2 Å². The molecule has 0 aliphatic carbocycles. The van der Waals surface area contributed by atoms with Gasteiger partial charge in [-0.25, -0.2) is 0 Å². The van der Waals surface area contributed by atoms with E-state index in [1.165, 1.54) is 0 Å². The maximum atomic E-state index is 12.9.